The number of rotatable bonds is 4. The molecule has 0 atom stereocenters. The van der Waals surface area contributed by atoms with Crippen molar-refractivity contribution in [2.75, 3.05) is 13.1 Å². The quantitative estimate of drug-likeness (QED) is 0.500. The summed E-state index contributed by atoms with van der Waals surface area (Å²) in [5.74, 6) is -0.510. The van der Waals surface area contributed by atoms with Crippen molar-refractivity contribution in [2.24, 2.45) is 0 Å². The van der Waals surface area contributed by atoms with E-state index in [0.717, 1.165) is 36.1 Å². The third-order valence-electron chi connectivity index (χ3n) is 4.71. The van der Waals surface area contributed by atoms with Crippen LogP contribution < -0.4 is 10.8 Å². The average Bonchev–Trinajstić information content (AvgIpc) is 3.10. The van der Waals surface area contributed by atoms with Gasteiger partial charge in [0, 0.05) is 36.4 Å². The molecule has 6 nitrogen and oxygen atoms in total. The van der Waals surface area contributed by atoms with Crippen LogP contribution in [-0.2, 0) is 6.54 Å². The number of hydrogen-bond donors (Lipinski definition) is 3. The van der Waals surface area contributed by atoms with E-state index < -0.39 is 5.91 Å². The third-order valence-corrected chi connectivity index (χ3v) is 4.71. The third kappa shape index (κ3) is 3.24. The zero-order chi connectivity index (χ0) is 17.9. The lowest BCUT2D eigenvalue weighted by Gasteiger charge is -2.14. The highest BCUT2D eigenvalue weighted by molar-refractivity contribution is 5.93. The van der Waals surface area contributed by atoms with Crippen LogP contribution in [0.25, 0.3) is 16.6 Å². The summed E-state index contributed by atoms with van der Waals surface area (Å²) in [6.45, 7) is 2.59. The minimum absolute atomic E-state index is 0.423. The molecule has 6 heteroatoms. The minimum Gasteiger partial charge on any atom is -0.328 e. The number of pyridine rings is 1. The fraction of sp³-hybridized carbons (Fsp3) is 0.200. The first kappa shape index (κ1) is 16.5. The Labute approximate surface area is 151 Å². The zero-order valence-electron chi connectivity index (χ0n) is 14.3. The fourth-order valence-corrected chi connectivity index (χ4v) is 3.29. The molecule has 0 bridgehead atoms. The van der Waals surface area contributed by atoms with Gasteiger partial charge in [0.2, 0.25) is 0 Å². The van der Waals surface area contributed by atoms with E-state index in [4.69, 9.17) is 5.21 Å². The van der Waals surface area contributed by atoms with Crippen molar-refractivity contribution in [1.82, 2.24) is 20.3 Å². The van der Waals surface area contributed by atoms with Gasteiger partial charge in [-0.15, -0.1) is 0 Å². The molecule has 132 valence electrons. The number of benzene rings is 1. The Morgan fingerprint density at radius 2 is 2.12 bits per heavy atom. The normalized spacial score (nSPS) is 14.3. The molecule has 0 saturated heterocycles. The van der Waals surface area contributed by atoms with Gasteiger partial charge >= 0.3 is 0 Å². The Balaban J connectivity index is 1.57. The number of carbonyl (C=O) groups is 1. The van der Waals surface area contributed by atoms with Gasteiger partial charge in [-0.1, -0.05) is 18.2 Å². The Bertz CT molecular complexity index is 973. The first-order chi connectivity index (χ1) is 12.7. The average molecular weight is 348 g/mol. The topological polar surface area (TPSA) is 79.2 Å². The standard InChI is InChI=1S/C20H20N4O2/c25-20(23-26)16-3-1-14(2-4-16)13-24-10-7-17-11-18(12-22-19(17)24)15-5-8-21-9-6-15/h1-5,7,10-12,21,26H,6,8-9,13H2,(H,23,25). The minimum atomic E-state index is -0.510. The molecule has 3 aromatic rings. The van der Waals surface area contributed by atoms with Gasteiger partial charge in [-0.05, 0) is 53.9 Å². The summed E-state index contributed by atoms with van der Waals surface area (Å²) in [6.07, 6.45) is 7.24. The molecular weight excluding hydrogens is 328 g/mol. The van der Waals surface area contributed by atoms with Crippen LogP contribution in [0.2, 0.25) is 0 Å². The van der Waals surface area contributed by atoms with Gasteiger partial charge in [0.05, 0.1) is 0 Å². The van der Waals surface area contributed by atoms with Crippen LogP contribution in [0.4, 0.5) is 0 Å². The summed E-state index contributed by atoms with van der Waals surface area (Å²) in [4.78, 5) is 16.1. The van der Waals surface area contributed by atoms with Crippen molar-refractivity contribution in [3.63, 3.8) is 0 Å². The smallest absolute Gasteiger partial charge is 0.274 e. The number of hydroxylamine groups is 1. The van der Waals surface area contributed by atoms with Gasteiger partial charge in [-0.25, -0.2) is 10.5 Å². The molecule has 3 heterocycles. The SMILES string of the molecule is O=C(NO)c1ccc(Cn2ccc3cc(C4=CCNCC4)cnc32)cc1. The van der Waals surface area contributed by atoms with Gasteiger partial charge in [0.1, 0.15) is 5.65 Å². The van der Waals surface area contributed by atoms with Crippen LogP contribution in [0.3, 0.4) is 0 Å². The van der Waals surface area contributed by atoms with E-state index >= 15 is 0 Å². The number of nitrogens with one attached hydrogen (secondary N) is 2. The maximum Gasteiger partial charge on any atom is 0.274 e. The van der Waals surface area contributed by atoms with Crippen LogP contribution in [0.15, 0.2) is 54.9 Å². The second-order valence-corrected chi connectivity index (χ2v) is 6.40. The molecular formula is C20H20N4O2. The van der Waals surface area contributed by atoms with Crippen LogP contribution in [0.5, 0.6) is 0 Å². The van der Waals surface area contributed by atoms with Crippen LogP contribution in [0.1, 0.15) is 27.9 Å². The summed E-state index contributed by atoms with van der Waals surface area (Å²) < 4.78 is 2.09. The molecule has 0 fully saturated rings. The van der Waals surface area contributed by atoms with Crippen molar-refractivity contribution >= 4 is 22.5 Å². The lowest BCUT2D eigenvalue weighted by molar-refractivity contribution is 0.0706. The van der Waals surface area contributed by atoms with Crippen molar-refractivity contribution in [1.29, 1.82) is 0 Å². The second kappa shape index (κ2) is 7.11. The first-order valence-corrected chi connectivity index (χ1v) is 8.63. The van der Waals surface area contributed by atoms with Gasteiger partial charge in [0.25, 0.3) is 5.91 Å². The molecule has 0 aliphatic carbocycles. The van der Waals surface area contributed by atoms with Crippen LogP contribution in [-0.4, -0.2) is 33.8 Å². The van der Waals surface area contributed by atoms with E-state index in [2.05, 4.69) is 33.1 Å². The molecule has 1 aliphatic heterocycles. The molecule has 0 saturated carbocycles. The zero-order valence-corrected chi connectivity index (χ0v) is 14.3. The van der Waals surface area contributed by atoms with Crippen molar-refractivity contribution < 1.29 is 10.0 Å². The molecule has 1 amide bonds. The van der Waals surface area contributed by atoms with E-state index in [0.29, 0.717) is 12.1 Å². The lowest BCUT2D eigenvalue weighted by atomic mass is 10.0. The number of aromatic nitrogens is 2. The van der Waals surface area contributed by atoms with E-state index in [1.54, 1.807) is 17.6 Å². The predicted octanol–water partition coefficient (Wildman–Crippen LogP) is 2.58. The number of nitrogens with zero attached hydrogens (tertiary/aromatic N) is 2. The Hall–Kier alpha value is -2.96. The number of amides is 1. The Kier molecular flexibility index (Phi) is 4.51. The van der Waals surface area contributed by atoms with Gasteiger partial charge < -0.3 is 9.88 Å². The number of fused-ring (bicyclic) bond motifs is 1. The fourth-order valence-electron chi connectivity index (χ4n) is 3.29. The molecule has 3 N–H and O–H groups in total. The molecule has 4 rings (SSSR count). The molecule has 0 radical (unpaired) electrons. The molecule has 0 spiro atoms. The van der Waals surface area contributed by atoms with Crippen molar-refractivity contribution in [3.8, 4) is 0 Å². The van der Waals surface area contributed by atoms with E-state index in [-0.39, 0.29) is 0 Å². The highest BCUT2D eigenvalue weighted by Crippen LogP contribution is 2.23. The van der Waals surface area contributed by atoms with E-state index in [9.17, 15) is 4.79 Å². The molecule has 26 heavy (non-hydrogen) atoms. The second-order valence-electron chi connectivity index (χ2n) is 6.40. The summed E-state index contributed by atoms with van der Waals surface area (Å²) in [7, 11) is 0. The molecule has 0 unspecified atom stereocenters. The summed E-state index contributed by atoms with van der Waals surface area (Å²) in [5.41, 5.74) is 6.61. The van der Waals surface area contributed by atoms with Crippen LogP contribution >= 0.6 is 0 Å². The summed E-state index contributed by atoms with van der Waals surface area (Å²) in [6, 6.07) is 11.4. The lowest BCUT2D eigenvalue weighted by Crippen LogP contribution is -2.20. The monoisotopic (exact) mass is 348 g/mol. The molecule has 2 aromatic heterocycles. The van der Waals surface area contributed by atoms with E-state index in [1.807, 2.05) is 24.5 Å². The Morgan fingerprint density at radius 1 is 1.27 bits per heavy atom. The maximum absolute atomic E-state index is 11.4. The number of carbonyl (C=O) groups excluding carboxylic acids is 1. The highest BCUT2D eigenvalue weighted by atomic mass is 16.5. The van der Waals surface area contributed by atoms with Crippen LogP contribution in [0, 0.1) is 0 Å². The van der Waals surface area contributed by atoms with Gasteiger partial charge in [0.15, 0.2) is 0 Å². The largest absolute Gasteiger partial charge is 0.328 e. The molecule has 1 aromatic carbocycles. The highest BCUT2D eigenvalue weighted by Gasteiger charge is 2.10. The summed E-state index contributed by atoms with van der Waals surface area (Å²) in [5, 5.41) is 13.1. The van der Waals surface area contributed by atoms with Gasteiger partial charge in [-0.2, -0.15) is 0 Å². The van der Waals surface area contributed by atoms with Crippen molar-refractivity contribution in [2.45, 2.75) is 13.0 Å². The summed E-state index contributed by atoms with van der Waals surface area (Å²) >= 11 is 0. The number of hydrogen-bond acceptors (Lipinski definition) is 4. The maximum atomic E-state index is 11.4. The Morgan fingerprint density at radius 3 is 2.85 bits per heavy atom. The predicted molar refractivity (Wildman–Crippen MR) is 100.0 cm³/mol. The van der Waals surface area contributed by atoms with Gasteiger partial charge in [-0.3, -0.25) is 10.0 Å². The first-order valence-electron chi connectivity index (χ1n) is 8.63. The van der Waals surface area contributed by atoms with E-state index in [1.165, 1.54) is 11.1 Å². The molecule has 1 aliphatic rings. The van der Waals surface area contributed by atoms with Crippen molar-refractivity contribution in [3.05, 3.63) is 71.6 Å².